The Morgan fingerprint density at radius 3 is 2.38 bits per heavy atom. The van der Waals surface area contributed by atoms with Crippen LogP contribution in [0.25, 0.3) is 0 Å². The molecule has 1 aromatic rings. The summed E-state index contributed by atoms with van der Waals surface area (Å²) in [7, 11) is 0. The Morgan fingerprint density at radius 1 is 1.10 bits per heavy atom. The second-order valence-electron chi connectivity index (χ2n) is 11.9. The van der Waals surface area contributed by atoms with Crippen molar-refractivity contribution in [3.63, 3.8) is 0 Å². The van der Waals surface area contributed by atoms with Crippen LogP contribution < -0.4 is 21.5 Å². The number of esters is 1. The second-order valence-corrected chi connectivity index (χ2v) is 11.9. The predicted octanol–water partition coefficient (Wildman–Crippen LogP) is 1.82. The predicted molar refractivity (Wildman–Crippen MR) is 154 cm³/mol. The van der Waals surface area contributed by atoms with Gasteiger partial charge in [0.1, 0.15) is 5.75 Å². The van der Waals surface area contributed by atoms with Crippen molar-refractivity contribution in [3.8, 4) is 5.75 Å². The quantitative estimate of drug-likeness (QED) is 0.185. The fraction of sp³-hybridized carbons (Fsp3) is 0.645. The number of aliphatic hydroxyl groups excluding tert-OH is 1. The fourth-order valence-electron chi connectivity index (χ4n) is 6.02. The number of benzene rings is 1. The normalized spacial score (nSPS) is 23.3. The first kappa shape index (κ1) is 33.4. The zero-order valence-corrected chi connectivity index (χ0v) is 24.6. The monoisotopic (exact) mass is 587 g/mol. The molecular weight excluding hydrogens is 542 g/mol. The first-order chi connectivity index (χ1) is 20.0. The fourth-order valence-corrected chi connectivity index (χ4v) is 6.02. The van der Waals surface area contributed by atoms with Gasteiger partial charge in [0, 0.05) is 12.0 Å². The smallest absolute Gasteiger partial charge is 0.344 e. The summed E-state index contributed by atoms with van der Waals surface area (Å²) in [6.07, 6.45) is 3.01. The van der Waals surface area contributed by atoms with Gasteiger partial charge < -0.3 is 26.0 Å². The molecule has 0 spiro atoms. The molecule has 2 amide bonds. The number of carbonyl (C=O) groups excluding carboxylic acids is 5. The van der Waals surface area contributed by atoms with Crippen molar-refractivity contribution in [2.45, 2.75) is 89.9 Å². The molecule has 232 valence electrons. The zero-order valence-electron chi connectivity index (χ0n) is 24.6. The molecule has 6 N–H and O–H groups in total. The molecule has 0 saturated heterocycles. The Balaban J connectivity index is 1.64. The van der Waals surface area contributed by atoms with Crippen molar-refractivity contribution in [3.05, 3.63) is 30.3 Å². The van der Waals surface area contributed by atoms with Crippen LogP contribution in [-0.2, 0) is 28.7 Å². The summed E-state index contributed by atoms with van der Waals surface area (Å²) in [6.45, 7) is 2.86. The van der Waals surface area contributed by atoms with Crippen molar-refractivity contribution in [1.29, 1.82) is 0 Å². The molecule has 2 saturated carbocycles. The van der Waals surface area contributed by atoms with Gasteiger partial charge in [-0.1, -0.05) is 64.2 Å². The summed E-state index contributed by atoms with van der Waals surface area (Å²) in [5.41, 5.74) is 9.73. The van der Waals surface area contributed by atoms with Crippen LogP contribution in [0.1, 0.15) is 71.6 Å². The highest BCUT2D eigenvalue weighted by molar-refractivity contribution is 6.30. The van der Waals surface area contributed by atoms with Gasteiger partial charge in [-0.3, -0.25) is 24.5 Å². The lowest BCUT2D eigenvalue weighted by Gasteiger charge is -2.30. The highest BCUT2D eigenvalue weighted by Crippen LogP contribution is 2.37. The molecule has 3 rings (SSSR count). The summed E-state index contributed by atoms with van der Waals surface area (Å²) in [6, 6.07) is 7.98. The van der Waals surface area contributed by atoms with Crippen LogP contribution in [0, 0.1) is 23.2 Å². The Morgan fingerprint density at radius 2 is 1.76 bits per heavy atom. The molecule has 1 unspecified atom stereocenters. The molecule has 2 aliphatic carbocycles. The van der Waals surface area contributed by atoms with Crippen LogP contribution in [0.4, 0.5) is 0 Å². The lowest BCUT2D eigenvalue weighted by Crippen LogP contribution is -2.54. The Labute approximate surface area is 247 Å². The standard InChI is InChI=1S/C31H45N3O8/c1-19(2)22(16-24(35)23(33)15-20-9-5-3-6-10-20)29(39)34-30(40)31(13-14-32)26(36)17-25(28(31)38)42-27(37)18-41-21-11-7-4-8-12-21/h4,7-8,11-12,19-20,22-25,35H,3,5-6,9-10,13-18,32-33H2,1-2H3,(H,34,39,40)/t22?,23-,24-,25-,31-/m0/s1. The largest absolute Gasteiger partial charge is 0.482 e. The first-order valence-corrected chi connectivity index (χ1v) is 14.9. The van der Waals surface area contributed by atoms with E-state index in [2.05, 4.69) is 5.32 Å². The van der Waals surface area contributed by atoms with Gasteiger partial charge in [0.25, 0.3) is 0 Å². The van der Waals surface area contributed by atoms with Gasteiger partial charge in [0.05, 0.1) is 12.5 Å². The van der Waals surface area contributed by atoms with Crippen LogP contribution in [0.3, 0.4) is 0 Å². The zero-order chi connectivity index (χ0) is 30.9. The Kier molecular flexibility index (Phi) is 12.2. The van der Waals surface area contributed by atoms with Gasteiger partial charge in [0.15, 0.2) is 29.7 Å². The van der Waals surface area contributed by atoms with Crippen LogP contribution in [0.15, 0.2) is 30.3 Å². The number of imide groups is 1. The maximum absolute atomic E-state index is 13.5. The Hall–Kier alpha value is -3.15. The SMILES string of the molecule is CC(C)C(C[C@H](O)[C@@H](N)CC1CCCCC1)C(=O)NC(=O)[C@@]1(CCN)C(=O)C[C@H](OC(=O)COc2ccccc2)C1=O. The number of para-hydroxylation sites is 1. The van der Waals surface area contributed by atoms with Gasteiger partial charge in [0.2, 0.25) is 11.8 Å². The topological polar surface area (TPSA) is 188 Å². The second kappa shape index (κ2) is 15.4. The van der Waals surface area contributed by atoms with E-state index < -0.39 is 72.0 Å². The maximum Gasteiger partial charge on any atom is 0.344 e. The van der Waals surface area contributed by atoms with Gasteiger partial charge >= 0.3 is 5.97 Å². The van der Waals surface area contributed by atoms with E-state index >= 15 is 0 Å². The molecule has 11 heteroatoms. The van der Waals surface area contributed by atoms with E-state index in [9.17, 15) is 29.1 Å². The number of amides is 2. The maximum atomic E-state index is 13.5. The highest BCUT2D eigenvalue weighted by atomic mass is 16.6. The minimum atomic E-state index is -2.26. The number of nitrogens with one attached hydrogen (secondary N) is 1. The summed E-state index contributed by atoms with van der Waals surface area (Å²) >= 11 is 0. The molecule has 5 atom stereocenters. The number of nitrogens with two attached hydrogens (primary N) is 2. The first-order valence-electron chi connectivity index (χ1n) is 14.9. The molecule has 2 aliphatic rings. The summed E-state index contributed by atoms with van der Waals surface area (Å²) < 4.78 is 10.5. The molecule has 0 aromatic heterocycles. The summed E-state index contributed by atoms with van der Waals surface area (Å²) in [5, 5.41) is 13.1. The minimum Gasteiger partial charge on any atom is -0.482 e. The number of rotatable bonds is 14. The van der Waals surface area contributed by atoms with Crippen LogP contribution in [-0.4, -0.2) is 65.9 Å². The van der Waals surface area contributed by atoms with E-state index in [1.807, 2.05) is 0 Å². The van der Waals surface area contributed by atoms with Crippen molar-refractivity contribution < 1.29 is 38.6 Å². The average molecular weight is 588 g/mol. The molecule has 0 aliphatic heterocycles. The average Bonchev–Trinajstić information content (AvgIpc) is 3.20. The molecule has 0 radical (unpaired) electrons. The van der Waals surface area contributed by atoms with E-state index in [4.69, 9.17) is 20.9 Å². The number of hydrogen-bond acceptors (Lipinski definition) is 10. The van der Waals surface area contributed by atoms with Crippen LogP contribution >= 0.6 is 0 Å². The third-order valence-corrected chi connectivity index (χ3v) is 8.54. The molecule has 1 aromatic carbocycles. The lowest BCUT2D eigenvalue weighted by molar-refractivity contribution is -0.159. The molecular formula is C31H45N3O8. The number of hydrogen-bond donors (Lipinski definition) is 4. The Bertz CT molecular complexity index is 1100. The van der Waals surface area contributed by atoms with Crippen molar-refractivity contribution >= 4 is 29.4 Å². The molecule has 0 heterocycles. The number of carbonyl (C=O) groups is 5. The van der Waals surface area contributed by atoms with E-state index in [-0.39, 0.29) is 25.3 Å². The van der Waals surface area contributed by atoms with Crippen molar-refractivity contribution in [1.82, 2.24) is 5.32 Å². The van der Waals surface area contributed by atoms with E-state index in [0.717, 1.165) is 25.7 Å². The number of ketones is 2. The lowest BCUT2D eigenvalue weighted by atomic mass is 9.78. The number of ether oxygens (including phenoxy) is 2. The molecule has 42 heavy (non-hydrogen) atoms. The summed E-state index contributed by atoms with van der Waals surface area (Å²) in [4.78, 5) is 65.6. The van der Waals surface area contributed by atoms with Gasteiger partial charge in [-0.25, -0.2) is 4.79 Å². The van der Waals surface area contributed by atoms with Gasteiger partial charge in [-0.05, 0) is 49.8 Å². The number of Topliss-reactive ketones (excluding diaryl/α,β-unsaturated/α-hetero) is 2. The van der Waals surface area contributed by atoms with E-state index in [0.29, 0.717) is 18.1 Å². The van der Waals surface area contributed by atoms with Crippen LogP contribution in [0.5, 0.6) is 5.75 Å². The molecule has 11 nitrogen and oxygen atoms in total. The highest BCUT2D eigenvalue weighted by Gasteiger charge is 2.61. The molecule has 0 bridgehead atoms. The van der Waals surface area contributed by atoms with Gasteiger partial charge in [-0.15, -0.1) is 0 Å². The minimum absolute atomic E-state index is 0.0259. The van der Waals surface area contributed by atoms with Crippen LogP contribution in [0.2, 0.25) is 0 Å². The third kappa shape index (κ3) is 8.23. The third-order valence-electron chi connectivity index (χ3n) is 8.54. The van der Waals surface area contributed by atoms with E-state index in [1.165, 1.54) is 6.42 Å². The molecule has 2 fully saturated rings. The van der Waals surface area contributed by atoms with Crippen molar-refractivity contribution in [2.75, 3.05) is 13.2 Å². The summed E-state index contributed by atoms with van der Waals surface area (Å²) in [5.74, 6) is -4.61. The van der Waals surface area contributed by atoms with Gasteiger partial charge in [-0.2, -0.15) is 0 Å². The van der Waals surface area contributed by atoms with Crippen molar-refractivity contribution in [2.24, 2.45) is 34.6 Å². The van der Waals surface area contributed by atoms with E-state index in [1.54, 1.807) is 44.2 Å². The number of aliphatic hydroxyl groups is 1.